The summed E-state index contributed by atoms with van der Waals surface area (Å²) in [5, 5.41) is 18.7. The molecule has 0 aliphatic rings. The highest BCUT2D eigenvalue weighted by Crippen LogP contribution is 2.21. The van der Waals surface area contributed by atoms with Gasteiger partial charge in [-0.2, -0.15) is 36.8 Å². The number of carbonyl (C=O) groups is 1. The Labute approximate surface area is 180 Å². The molecular formula is C18H13ClF5N5O3. The first-order valence-electron chi connectivity index (χ1n) is 8.73. The maximum atomic E-state index is 12.9. The molecule has 2 aromatic heterocycles. The molecule has 0 spiro atoms. The van der Waals surface area contributed by atoms with Gasteiger partial charge in [0.25, 0.3) is 11.5 Å². The molecule has 8 nitrogen and oxygen atoms in total. The van der Waals surface area contributed by atoms with Crippen LogP contribution in [-0.4, -0.2) is 49.4 Å². The fraction of sp³-hybridized carbons (Fsp3) is 0.222. The molecule has 2 heterocycles. The van der Waals surface area contributed by atoms with Crippen molar-refractivity contribution in [1.82, 2.24) is 24.9 Å². The van der Waals surface area contributed by atoms with Crippen molar-refractivity contribution in [3.63, 3.8) is 0 Å². The molecule has 0 unspecified atom stereocenters. The molecule has 2 N–H and O–H groups in total. The van der Waals surface area contributed by atoms with E-state index in [4.69, 9.17) is 16.7 Å². The zero-order valence-electron chi connectivity index (χ0n) is 15.7. The van der Waals surface area contributed by atoms with Gasteiger partial charge in [0.05, 0.1) is 24.6 Å². The van der Waals surface area contributed by atoms with E-state index in [1.807, 2.05) is 5.32 Å². The summed E-state index contributed by atoms with van der Waals surface area (Å²) in [6.07, 6.45) is -6.12. The first-order valence-corrected chi connectivity index (χ1v) is 9.11. The number of carbonyl (C=O) groups excluding carboxylic acids is 1. The highest BCUT2D eigenvalue weighted by molar-refractivity contribution is 6.30. The number of aliphatic hydroxyl groups is 1. The summed E-state index contributed by atoms with van der Waals surface area (Å²) >= 11 is 5.84. The molecule has 0 saturated heterocycles. The first kappa shape index (κ1) is 23.3. The van der Waals surface area contributed by atoms with Gasteiger partial charge < -0.3 is 10.4 Å². The molecule has 0 aliphatic carbocycles. The van der Waals surface area contributed by atoms with Crippen LogP contribution in [0.15, 0.2) is 47.5 Å². The Morgan fingerprint density at radius 3 is 2.44 bits per heavy atom. The van der Waals surface area contributed by atoms with Crippen LogP contribution in [-0.2, 0) is 0 Å². The quantitative estimate of drug-likeness (QED) is 0.532. The summed E-state index contributed by atoms with van der Waals surface area (Å²) in [7, 11) is 0. The maximum Gasteiger partial charge on any atom is 0.416 e. The van der Waals surface area contributed by atoms with E-state index in [0.29, 0.717) is 15.3 Å². The van der Waals surface area contributed by atoms with Crippen molar-refractivity contribution in [2.45, 2.75) is 18.8 Å². The van der Waals surface area contributed by atoms with Crippen LogP contribution in [0, 0.1) is 0 Å². The largest absolute Gasteiger partial charge is 0.416 e. The van der Waals surface area contributed by atoms with E-state index in [1.54, 1.807) is 0 Å². The second-order valence-corrected chi connectivity index (χ2v) is 6.83. The van der Waals surface area contributed by atoms with Gasteiger partial charge in [0.15, 0.2) is 6.10 Å². The highest BCUT2D eigenvalue weighted by atomic mass is 35.5. The number of hydrogen-bond acceptors (Lipinski definition) is 5. The Morgan fingerprint density at radius 1 is 1.22 bits per heavy atom. The van der Waals surface area contributed by atoms with E-state index in [1.165, 1.54) is 24.3 Å². The number of rotatable bonds is 6. The van der Waals surface area contributed by atoms with Crippen LogP contribution < -0.4 is 10.9 Å². The Kier molecular flexibility index (Phi) is 6.60. The number of nitrogens with one attached hydrogen (secondary N) is 1. The number of hydrogen-bond donors (Lipinski definition) is 2. The van der Waals surface area contributed by atoms with Crippen molar-refractivity contribution in [1.29, 1.82) is 0 Å². The fourth-order valence-corrected chi connectivity index (χ4v) is 2.66. The third kappa shape index (κ3) is 5.11. The van der Waals surface area contributed by atoms with Crippen molar-refractivity contribution >= 4 is 17.5 Å². The Hall–Kier alpha value is -3.32. The van der Waals surface area contributed by atoms with E-state index in [9.17, 15) is 31.5 Å². The molecule has 0 bridgehead atoms. The van der Waals surface area contributed by atoms with Gasteiger partial charge in [-0.15, -0.1) is 0 Å². The zero-order valence-corrected chi connectivity index (χ0v) is 16.5. The zero-order chi connectivity index (χ0) is 23.6. The van der Waals surface area contributed by atoms with Gasteiger partial charge in [-0.05, 0) is 18.2 Å². The van der Waals surface area contributed by atoms with Gasteiger partial charge >= 0.3 is 12.7 Å². The number of aliphatic hydroxyl groups excluding tert-OH is 1. The molecule has 0 saturated carbocycles. The van der Waals surface area contributed by atoms with Crippen LogP contribution in [0.25, 0.3) is 16.9 Å². The van der Waals surface area contributed by atoms with Gasteiger partial charge in [0.1, 0.15) is 11.3 Å². The topological polar surface area (TPSA) is 102 Å². The van der Waals surface area contributed by atoms with Crippen molar-refractivity contribution in [2.75, 3.05) is 6.54 Å². The van der Waals surface area contributed by atoms with E-state index in [-0.39, 0.29) is 16.1 Å². The smallest absolute Gasteiger partial charge is 0.382 e. The van der Waals surface area contributed by atoms with Crippen LogP contribution in [0.3, 0.4) is 0 Å². The van der Waals surface area contributed by atoms with Crippen molar-refractivity contribution in [3.8, 4) is 16.9 Å². The molecule has 0 aliphatic heterocycles. The van der Waals surface area contributed by atoms with Crippen molar-refractivity contribution < 1.29 is 31.9 Å². The molecule has 32 heavy (non-hydrogen) atoms. The third-order valence-electron chi connectivity index (χ3n) is 4.16. The Balaban J connectivity index is 2.07. The van der Waals surface area contributed by atoms with Gasteiger partial charge in [0.2, 0.25) is 0 Å². The normalized spacial score (nSPS) is 12.8. The average Bonchev–Trinajstić information content (AvgIpc) is 3.22. The lowest BCUT2D eigenvalue weighted by Crippen LogP contribution is -2.42. The lowest BCUT2D eigenvalue weighted by atomic mass is 10.1. The first-order chi connectivity index (χ1) is 15.0. The molecule has 1 amide bonds. The maximum absolute atomic E-state index is 12.9. The van der Waals surface area contributed by atoms with Crippen molar-refractivity contribution in [2.24, 2.45) is 0 Å². The second kappa shape index (κ2) is 9.04. The predicted octanol–water partition coefficient (Wildman–Crippen LogP) is 2.80. The molecule has 1 aromatic carbocycles. The lowest BCUT2D eigenvalue weighted by molar-refractivity contribution is -0.201. The predicted molar refractivity (Wildman–Crippen MR) is 102 cm³/mol. The minimum absolute atomic E-state index is 0.0209. The molecule has 1 atom stereocenters. The summed E-state index contributed by atoms with van der Waals surface area (Å²) < 4.78 is 64.1. The van der Waals surface area contributed by atoms with Gasteiger partial charge in [0, 0.05) is 10.6 Å². The summed E-state index contributed by atoms with van der Waals surface area (Å²) in [6.45, 7) is -4.21. The highest BCUT2D eigenvalue weighted by Gasteiger charge is 2.38. The molecule has 3 aromatic rings. The number of nitrogens with zero attached hydrogens (tertiary/aromatic N) is 4. The molecule has 14 heteroatoms. The Morgan fingerprint density at radius 2 is 1.88 bits per heavy atom. The minimum atomic E-state index is -4.98. The summed E-state index contributed by atoms with van der Waals surface area (Å²) in [6, 6.07) is 6.99. The van der Waals surface area contributed by atoms with Crippen LogP contribution in [0.5, 0.6) is 0 Å². The standard InChI is InChI=1S/C18H13ClF5N5O3/c19-10-3-1-9(2-4-10)13-5-12(15(31)25-7-14(30)18(22,23)24)16(32)29(27-13)11-6-26-28(8-11)17(20)21/h1-6,8,14,17,30H,7H2,(H,25,31)/t14-/m0/s1. The summed E-state index contributed by atoms with van der Waals surface area (Å²) in [4.78, 5) is 25.2. The van der Waals surface area contributed by atoms with E-state index in [0.717, 1.165) is 18.5 Å². The van der Waals surface area contributed by atoms with E-state index < -0.39 is 42.4 Å². The third-order valence-corrected chi connectivity index (χ3v) is 4.41. The second-order valence-electron chi connectivity index (χ2n) is 6.39. The van der Waals surface area contributed by atoms with Crippen LogP contribution in [0.1, 0.15) is 16.9 Å². The molecule has 3 rings (SSSR count). The van der Waals surface area contributed by atoms with Crippen LogP contribution in [0.2, 0.25) is 5.02 Å². The van der Waals surface area contributed by atoms with Gasteiger partial charge in [-0.3, -0.25) is 9.59 Å². The van der Waals surface area contributed by atoms with Crippen molar-refractivity contribution in [3.05, 3.63) is 63.7 Å². The van der Waals surface area contributed by atoms with Gasteiger partial charge in [-0.25, -0.2) is 4.68 Å². The average molecular weight is 478 g/mol. The number of alkyl halides is 5. The minimum Gasteiger partial charge on any atom is -0.382 e. The molecular weight excluding hydrogens is 465 g/mol. The van der Waals surface area contributed by atoms with Gasteiger partial charge in [-0.1, -0.05) is 23.7 Å². The van der Waals surface area contributed by atoms with E-state index in [2.05, 4.69) is 10.2 Å². The summed E-state index contributed by atoms with van der Waals surface area (Å²) in [5.74, 6) is -1.23. The molecule has 0 fully saturated rings. The fourth-order valence-electron chi connectivity index (χ4n) is 2.54. The van der Waals surface area contributed by atoms with Crippen LogP contribution in [0.4, 0.5) is 22.0 Å². The monoisotopic (exact) mass is 477 g/mol. The number of halogens is 6. The lowest BCUT2D eigenvalue weighted by Gasteiger charge is -2.15. The SMILES string of the molecule is O=C(NC[C@H](O)C(F)(F)F)c1cc(-c2ccc(Cl)cc2)nn(-c2cnn(C(F)F)c2)c1=O. The number of aromatic nitrogens is 4. The van der Waals surface area contributed by atoms with Crippen LogP contribution >= 0.6 is 11.6 Å². The molecule has 0 radical (unpaired) electrons. The number of amides is 1. The molecule has 170 valence electrons. The van der Waals surface area contributed by atoms with E-state index >= 15 is 0 Å². The Bertz CT molecular complexity index is 1180. The summed E-state index contributed by atoms with van der Waals surface area (Å²) in [5.41, 5.74) is -1.56. The number of benzene rings is 1.